The maximum Gasteiger partial charge on any atom is 0.135 e. The van der Waals surface area contributed by atoms with Crippen molar-refractivity contribution in [3.63, 3.8) is 0 Å². The normalized spacial score (nSPS) is 12.0. The molecule has 196 valence electrons. The van der Waals surface area contributed by atoms with Crippen molar-refractivity contribution in [3.8, 4) is 56.0 Å². The number of benzene rings is 7. The van der Waals surface area contributed by atoms with Gasteiger partial charge >= 0.3 is 0 Å². The lowest BCUT2D eigenvalue weighted by molar-refractivity contribution is 0.487. The predicted octanol–water partition coefficient (Wildman–Crippen LogP) is 11.5. The van der Waals surface area contributed by atoms with Crippen LogP contribution in [0, 0.1) is 0 Å². The second-order valence-electron chi connectivity index (χ2n) is 10.9. The van der Waals surface area contributed by atoms with E-state index in [1.807, 2.05) is 12.1 Å². The highest BCUT2D eigenvalue weighted by Gasteiger charge is 2.20. The van der Waals surface area contributed by atoms with Gasteiger partial charge in [0.05, 0.1) is 0 Å². The standard InChI is InChI=1S/C40H24O2/c1-2-12-36-32(10-1)34-23-30(18-20-37(34)41-36)26-16-14-25(15-17-26)28-8-3-9-29(22-28)31-19-21-38-35(24-31)33-11-4-6-27-7-5-13-39(42-38)40(27)33/h1-24H. The topological polar surface area (TPSA) is 22.4 Å². The molecule has 0 fully saturated rings. The van der Waals surface area contributed by atoms with E-state index in [1.165, 1.54) is 49.7 Å². The number of rotatable bonds is 3. The molecule has 9 rings (SSSR count). The average Bonchev–Trinajstić information content (AvgIpc) is 3.43. The maximum atomic E-state index is 6.32. The van der Waals surface area contributed by atoms with E-state index in [1.54, 1.807) is 0 Å². The molecule has 2 heterocycles. The molecule has 0 bridgehead atoms. The summed E-state index contributed by atoms with van der Waals surface area (Å²) in [6, 6.07) is 51.5. The van der Waals surface area contributed by atoms with Crippen LogP contribution >= 0.6 is 0 Å². The molecule has 0 saturated carbocycles. The first-order valence-electron chi connectivity index (χ1n) is 14.3. The van der Waals surface area contributed by atoms with Crippen LogP contribution in [-0.2, 0) is 0 Å². The summed E-state index contributed by atoms with van der Waals surface area (Å²) >= 11 is 0. The van der Waals surface area contributed by atoms with Crippen LogP contribution in [0.25, 0.3) is 77.2 Å². The molecule has 0 aliphatic carbocycles. The molecule has 0 saturated heterocycles. The third-order valence-electron chi connectivity index (χ3n) is 8.48. The quantitative estimate of drug-likeness (QED) is 0.224. The monoisotopic (exact) mass is 536 g/mol. The summed E-state index contributed by atoms with van der Waals surface area (Å²) in [6.45, 7) is 0. The minimum atomic E-state index is 0.901. The molecule has 0 spiro atoms. The Hall–Kier alpha value is -5.60. The molecule has 1 aliphatic rings. The molecule has 1 aliphatic heterocycles. The fourth-order valence-electron chi connectivity index (χ4n) is 6.38. The Labute approximate surface area is 243 Å². The van der Waals surface area contributed by atoms with Gasteiger partial charge in [-0.05, 0) is 86.8 Å². The number of ether oxygens (including phenoxy) is 1. The lowest BCUT2D eigenvalue weighted by atomic mass is 9.91. The van der Waals surface area contributed by atoms with Crippen LogP contribution < -0.4 is 4.74 Å². The van der Waals surface area contributed by atoms with Gasteiger partial charge in [-0.1, -0.05) is 103 Å². The van der Waals surface area contributed by atoms with Crippen LogP contribution in [0.1, 0.15) is 0 Å². The molecule has 2 nitrogen and oxygen atoms in total. The van der Waals surface area contributed by atoms with Crippen LogP contribution in [0.4, 0.5) is 0 Å². The molecular formula is C40H24O2. The summed E-state index contributed by atoms with van der Waals surface area (Å²) in [5.41, 5.74) is 11.3. The van der Waals surface area contributed by atoms with E-state index in [-0.39, 0.29) is 0 Å². The smallest absolute Gasteiger partial charge is 0.135 e. The summed E-state index contributed by atoms with van der Waals surface area (Å²) in [7, 11) is 0. The van der Waals surface area contributed by atoms with Gasteiger partial charge in [0.1, 0.15) is 22.7 Å². The first-order chi connectivity index (χ1) is 20.8. The van der Waals surface area contributed by atoms with E-state index in [0.717, 1.165) is 39.0 Å². The van der Waals surface area contributed by atoms with E-state index < -0.39 is 0 Å². The maximum absolute atomic E-state index is 6.32. The second kappa shape index (κ2) is 8.95. The zero-order valence-corrected chi connectivity index (χ0v) is 22.7. The van der Waals surface area contributed by atoms with Gasteiger partial charge in [-0.3, -0.25) is 0 Å². The molecule has 42 heavy (non-hydrogen) atoms. The highest BCUT2D eigenvalue weighted by Crippen LogP contribution is 2.47. The van der Waals surface area contributed by atoms with E-state index in [4.69, 9.17) is 9.15 Å². The molecule has 0 atom stereocenters. The van der Waals surface area contributed by atoms with Gasteiger partial charge in [0.15, 0.2) is 0 Å². The average molecular weight is 537 g/mol. The van der Waals surface area contributed by atoms with Gasteiger partial charge in [-0.15, -0.1) is 0 Å². The van der Waals surface area contributed by atoms with Crippen molar-refractivity contribution >= 4 is 32.7 Å². The predicted molar refractivity (Wildman–Crippen MR) is 173 cm³/mol. The van der Waals surface area contributed by atoms with Gasteiger partial charge in [-0.2, -0.15) is 0 Å². The zero-order chi connectivity index (χ0) is 27.6. The molecule has 0 amide bonds. The van der Waals surface area contributed by atoms with Crippen LogP contribution in [0.5, 0.6) is 11.5 Å². The molecule has 7 aromatic carbocycles. The lowest BCUT2D eigenvalue weighted by Crippen LogP contribution is -1.97. The minimum absolute atomic E-state index is 0.901. The van der Waals surface area contributed by atoms with Crippen LogP contribution in [-0.4, -0.2) is 0 Å². The van der Waals surface area contributed by atoms with Crippen molar-refractivity contribution < 1.29 is 9.15 Å². The van der Waals surface area contributed by atoms with E-state index in [0.29, 0.717) is 0 Å². The number of furan rings is 1. The summed E-state index contributed by atoms with van der Waals surface area (Å²) in [6.07, 6.45) is 0. The van der Waals surface area contributed by atoms with Crippen molar-refractivity contribution in [2.24, 2.45) is 0 Å². The Balaban J connectivity index is 1.06. The third-order valence-corrected chi connectivity index (χ3v) is 8.48. The van der Waals surface area contributed by atoms with Gasteiger partial charge in [-0.25, -0.2) is 0 Å². The summed E-state index contributed by atoms with van der Waals surface area (Å²) in [4.78, 5) is 0. The Morgan fingerprint density at radius 2 is 1.00 bits per heavy atom. The van der Waals surface area contributed by atoms with E-state index in [2.05, 4.69) is 133 Å². The van der Waals surface area contributed by atoms with Crippen molar-refractivity contribution in [2.45, 2.75) is 0 Å². The number of fused-ring (bicyclic) bond motifs is 5. The van der Waals surface area contributed by atoms with Gasteiger partial charge in [0.2, 0.25) is 0 Å². The minimum Gasteiger partial charge on any atom is -0.456 e. The summed E-state index contributed by atoms with van der Waals surface area (Å²) < 4.78 is 12.3. The van der Waals surface area contributed by atoms with Gasteiger partial charge < -0.3 is 9.15 Å². The number of hydrogen-bond donors (Lipinski definition) is 0. The number of para-hydroxylation sites is 1. The van der Waals surface area contributed by atoms with Crippen molar-refractivity contribution in [3.05, 3.63) is 146 Å². The SMILES string of the molecule is c1cc(-c2ccc(-c3ccc4oc5ccccc5c4c3)cc2)cc(-c2ccc3c(c2)-c2cccc4cccc(c24)O3)c1. The van der Waals surface area contributed by atoms with Crippen LogP contribution in [0.15, 0.2) is 150 Å². The highest BCUT2D eigenvalue weighted by atomic mass is 16.5. The zero-order valence-electron chi connectivity index (χ0n) is 22.7. The van der Waals surface area contributed by atoms with Crippen molar-refractivity contribution in [2.75, 3.05) is 0 Å². The fourth-order valence-corrected chi connectivity index (χ4v) is 6.38. The van der Waals surface area contributed by atoms with Gasteiger partial charge in [0, 0.05) is 21.7 Å². The Bertz CT molecular complexity index is 2320. The Kier molecular flexibility index (Phi) is 4.93. The lowest BCUT2D eigenvalue weighted by Gasteiger charge is -2.22. The molecule has 8 aromatic rings. The summed E-state index contributed by atoms with van der Waals surface area (Å²) in [5, 5.41) is 4.68. The largest absolute Gasteiger partial charge is 0.456 e. The van der Waals surface area contributed by atoms with Gasteiger partial charge in [0.25, 0.3) is 0 Å². The van der Waals surface area contributed by atoms with Crippen LogP contribution in [0.3, 0.4) is 0 Å². The molecule has 2 heteroatoms. The van der Waals surface area contributed by atoms with E-state index >= 15 is 0 Å². The molecular weight excluding hydrogens is 512 g/mol. The highest BCUT2D eigenvalue weighted by molar-refractivity contribution is 6.06. The third kappa shape index (κ3) is 3.59. The molecule has 1 aromatic heterocycles. The molecule has 0 unspecified atom stereocenters. The molecule has 0 N–H and O–H groups in total. The first kappa shape index (κ1) is 23.1. The Morgan fingerprint density at radius 3 is 1.86 bits per heavy atom. The summed E-state index contributed by atoms with van der Waals surface area (Å²) in [5.74, 6) is 1.82. The van der Waals surface area contributed by atoms with E-state index in [9.17, 15) is 0 Å². The number of hydrogen-bond acceptors (Lipinski definition) is 2. The Morgan fingerprint density at radius 1 is 0.357 bits per heavy atom. The fraction of sp³-hybridized carbons (Fsp3) is 0. The first-order valence-corrected chi connectivity index (χ1v) is 14.3. The molecule has 0 radical (unpaired) electrons. The van der Waals surface area contributed by atoms with Crippen molar-refractivity contribution in [1.82, 2.24) is 0 Å². The van der Waals surface area contributed by atoms with Crippen molar-refractivity contribution in [1.29, 1.82) is 0 Å². The second-order valence-corrected chi connectivity index (χ2v) is 10.9. The van der Waals surface area contributed by atoms with Crippen LogP contribution in [0.2, 0.25) is 0 Å².